The third-order valence-corrected chi connectivity index (χ3v) is 3.01. The third-order valence-electron chi connectivity index (χ3n) is 3.01. The Hall–Kier alpha value is -1.32. The first kappa shape index (κ1) is 10.2. The zero-order chi connectivity index (χ0) is 11.0. The molecule has 1 heterocycles. The molecule has 0 aromatic carbocycles. The summed E-state index contributed by atoms with van der Waals surface area (Å²) in [5.41, 5.74) is 2.38. The Balaban J connectivity index is 2.25. The number of carbonyl (C=O) groups is 1. The summed E-state index contributed by atoms with van der Waals surface area (Å²) in [4.78, 5) is 10.7. The molecule has 0 spiro atoms. The van der Waals surface area contributed by atoms with E-state index < -0.39 is 5.97 Å². The smallest absolute Gasteiger partial charge is 0.303 e. The normalized spacial score (nSPS) is 19.5. The summed E-state index contributed by atoms with van der Waals surface area (Å²) >= 11 is 0. The lowest BCUT2D eigenvalue weighted by Gasteiger charge is -2.08. The van der Waals surface area contributed by atoms with Gasteiger partial charge >= 0.3 is 5.97 Å². The minimum absolute atomic E-state index is 0.171. The summed E-state index contributed by atoms with van der Waals surface area (Å²) < 4.78 is 2.01. The van der Waals surface area contributed by atoms with Gasteiger partial charge in [0.05, 0.1) is 12.6 Å². The topological polar surface area (TPSA) is 55.1 Å². The molecule has 0 saturated heterocycles. The van der Waals surface area contributed by atoms with Crippen molar-refractivity contribution in [2.24, 2.45) is 0 Å². The van der Waals surface area contributed by atoms with Crippen LogP contribution >= 0.6 is 0 Å². The van der Waals surface area contributed by atoms with E-state index in [9.17, 15) is 4.79 Å². The van der Waals surface area contributed by atoms with E-state index in [2.05, 4.69) is 18.9 Å². The number of hydrogen-bond acceptors (Lipinski definition) is 2. The fourth-order valence-corrected chi connectivity index (χ4v) is 2.34. The summed E-state index contributed by atoms with van der Waals surface area (Å²) in [7, 11) is 0. The number of rotatable bonds is 3. The van der Waals surface area contributed by atoms with Gasteiger partial charge in [0.15, 0.2) is 0 Å². The predicted octanol–water partition coefficient (Wildman–Crippen LogP) is 1.97. The molecular formula is C11H16N2O2. The highest BCUT2D eigenvalue weighted by Crippen LogP contribution is 2.36. The van der Waals surface area contributed by atoms with E-state index in [1.165, 1.54) is 5.69 Å². The number of hydrogen-bond donors (Lipinski definition) is 1. The number of carboxylic acids is 1. The summed E-state index contributed by atoms with van der Waals surface area (Å²) in [5.74, 6) is -0.546. The van der Waals surface area contributed by atoms with Crippen LogP contribution in [0.5, 0.6) is 0 Å². The molecule has 0 radical (unpaired) electrons. The number of aromatic nitrogens is 2. The molecular weight excluding hydrogens is 192 g/mol. The van der Waals surface area contributed by atoms with Gasteiger partial charge in [0, 0.05) is 11.7 Å². The van der Waals surface area contributed by atoms with Crippen LogP contribution in [-0.2, 0) is 11.2 Å². The first-order valence-corrected chi connectivity index (χ1v) is 5.37. The zero-order valence-electron chi connectivity index (χ0n) is 9.10. The van der Waals surface area contributed by atoms with Crippen molar-refractivity contribution in [2.75, 3.05) is 0 Å². The molecule has 15 heavy (non-hydrogen) atoms. The Bertz CT molecular complexity index is 382. The van der Waals surface area contributed by atoms with Crippen molar-refractivity contribution in [1.82, 2.24) is 9.78 Å². The van der Waals surface area contributed by atoms with Crippen molar-refractivity contribution in [3.8, 4) is 0 Å². The van der Waals surface area contributed by atoms with E-state index in [1.54, 1.807) is 0 Å². The van der Waals surface area contributed by atoms with Gasteiger partial charge in [-0.25, -0.2) is 0 Å². The average molecular weight is 208 g/mol. The summed E-state index contributed by atoms with van der Waals surface area (Å²) in [5, 5.41) is 13.1. The van der Waals surface area contributed by atoms with E-state index >= 15 is 0 Å². The van der Waals surface area contributed by atoms with Crippen LogP contribution in [0.2, 0.25) is 0 Å². The molecule has 1 unspecified atom stereocenters. The Labute approximate surface area is 88.9 Å². The third kappa shape index (κ3) is 1.76. The quantitative estimate of drug-likeness (QED) is 0.826. The van der Waals surface area contributed by atoms with E-state index in [1.807, 2.05) is 10.9 Å². The van der Waals surface area contributed by atoms with Crippen LogP contribution in [0.3, 0.4) is 0 Å². The Kier molecular flexibility index (Phi) is 2.50. The molecule has 0 bridgehead atoms. The molecule has 2 rings (SSSR count). The Morgan fingerprint density at radius 3 is 3.07 bits per heavy atom. The number of fused-ring (bicyclic) bond motifs is 1. The molecule has 1 aromatic rings. The molecule has 1 atom stereocenters. The largest absolute Gasteiger partial charge is 0.481 e. The highest BCUT2D eigenvalue weighted by atomic mass is 16.4. The Morgan fingerprint density at radius 1 is 1.73 bits per heavy atom. The molecule has 1 aliphatic carbocycles. The van der Waals surface area contributed by atoms with Crippen molar-refractivity contribution in [1.29, 1.82) is 0 Å². The molecule has 82 valence electrons. The van der Waals surface area contributed by atoms with Crippen LogP contribution in [0, 0.1) is 0 Å². The van der Waals surface area contributed by atoms with Gasteiger partial charge in [-0.2, -0.15) is 5.10 Å². The lowest BCUT2D eigenvalue weighted by molar-refractivity contribution is -0.137. The SMILES string of the molecule is CC(C)n1ncc2c1CCC2CC(=O)O. The highest BCUT2D eigenvalue weighted by molar-refractivity contribution is 5.68. The van der Waals surface area contributed by atoms with Crippen molar-refractivity contribution in [2.45, 2.75) is 45.1 Å². The monoisotopic (exact) mass is 208 g/mol. The van der Waals surface area contributed by atoms with Gasteiger partial charge in [0.1, 0.15) is 0 Å². The zero-order valence-corrected chi connectivity index (χ0v) is 9.10. The van der Waals surface area contributed by atoms with Gasteiger partial charge < -0.3 is 5.11 Å². The maximum absolute atomic E-state index is 10.7. The lowest BCUT2D eigenvalue weighted by Crippen LogP contribution is -2.06. The van der Waals surface area contributed by atoms with Gasteiger partial charge in [0.2, 0.25) is 0 Å². The number of aliphatic carboxylic acids is 1. The standard InChI is InChI=1S/C11H16N2O2/c1-7(2)13-10-4-3-8(5-11(14)15)9(10)6-12-13/h6-8H,3-5H2,1-2H3,(H,14,15). The maximum atomic E-state index is 10.7. The van der Waals surface area contributed by atoms with E-state index in [4.69, 9.17) is 5.11 Å². The van der Waals surface area contributed by atoms with Crippen molar-refractivity contribution in [3.05, 3.63) is 17.5 Å². The second-order valence-corrected chi connectivity index (χ2v) is 4.42. The first-order chi connectivity index (χ1) is 7.09. The second-order valence-electron chi connectivity index (χ2n) is 4.42. The summed E-state index contributed by atoms with van der Waals surface area (Å²) in [6.45, 7) is 4.19. The van der Waals surface area contributed by atoms with Crippen LogP contribution < -0.4 is 0 Å². The van der Waals surface area contributed by atoms with Crippen molar-refractivity contribution in [3.63, 3.8) is 0 Å². The molecule has 1 aliphatic rings. The van der Waals surface area contributed by atoms with Crippen LogP contribution in [-0.4, -0.2) is 20.9 Å². The molecule has 0 amide bonds. The van der Waals surface area contributed by atoms with Crippen LogP contribution in [0.25, 0.3) is 0 Å². The van der Waals surface area contributed by atoms with Crippen molar-refractivity contribution >= 4 is 5.97 Å². The number of carboxylic acid groups (broad SMARTS) is 1. The minimum atomic E-state index is -0.717. The summed E-state index contributed by atoms with van der Waals surface area (Å²) in [6, 6.07) is 0.359. The highest BCUT2D eigenvalue weighted by Gasteiger charge is 2.28. The molecule has 1 N–H and O–H groups in total. The maximum Gasteiger partial charge on any atom is 0.303 e. The average Bonchev–Trinajstić information content (AvgIpc) is 2.66. The summed E-state index contributed by atoms with van der Waals surface area (Å²) in [6.07, 6.45) is 3.99. The van der Waals surface area contributed by atoms with Gasteiger partial charge in [0.25, 0.3) is 0 Å². The first-order valence-electron chi connectivity index (χ1n) is 5.37. The fraction of sp³-hybridized carbons (Fsp3) is 0.636. The molecule has 1 aromatic heterocycles. The molecule has 0 saturated carbocycles. The Morgan fingerprint density at radius 2 is 2.47 bits per heavy atom. The predicted molar refractivity (Wildman–Crippen MR) is 55.9 cm³/mol. The second kappa shape index (κ2) is 3.68. The van der Waals surface area contributed by atoms with Gasteiger partial charge in [-0.3, -0.25) is 9.48 Å². The fourth-order valence-electron chi connectivity index (χ4n) is 2.34. The van der Waals surface area contributed by atoms with Crippen LogP contribution in [0.4, 0.5) is 0 Å². The van der Waals surface area contributed by atoms with E-state index in [0.717, 1.165) is 18.4 Å². The van der Waals surface area contributed by atoms with Crippen LogP contribution in [0.1, 0.15) is 49.9 Å². The van der Waals surface area contributed by atoms with Gasteiger partial charge in [-0.05, 0) is 38.2 Å². The molecule has 4 nitrogen and oxygen atoms in total. The number of nitrogens with zero attached hydrogens (tertiary/aromatic N) is 2. The van der Waals surface area contributed by atoms with Gasteiger partial charge in [-0.1, -0.05) is 0 Å². The lowest BCUT2D eigenvalue weighted by atomic mass is 10.0. The van der Waals surface area contributed by atoms with Crippen molar-refractivity contribution < 1.29 is 9.90 Å². The molecule has 4 heteroatoms. The van der Waals surface area contributed by atoms with Crippen LogP contribution in [0.15, 0.2) is 6.20 Å². The van der Waals surface area contributed by atoms with E-state index in [-0.39, 0.29) is 12.3 Å². The van der Waals surface area contributed by atoms with Gasteiger partial charge in [-0.15, -0.1) is 0 Å². The molecule has 0 fully saturated rings. The van der Waals surface area contributed by atoms with E-state index in [0.29, 0.717) is 6.04 Å². The minimum Gasteiger partial charge on any atom is -0.481 e. The molecule has 0 aliphatic heterocycles.